The minimum absolute atomic E-state index is 0.0557. The number of rotatable bonds is 5. The monoisotopic (exact) mass is 375 g/mol. The molecule has 0 spiro atoms. The van der Waals surface area contributed by atoms with Crippen molar-refractivity contribution in [3.63, 3.8) is 0 Å². The average molecular weight is 376 g/mol. The smallest absolute Gasteiger partial charge is 0.246 e. The molecule has 2 aromatic carbocycles. The summed E-state index contributed by atoms with van der Waals surface area (Å²) in [5.41, 5.74) is 1.58. The molecule has 5 nitrogen and oxygen atoms in total. The van der Waals surface area contributed by atoms with Crippen LogP contribution < -0.4 is 0 Å². The molecule has 0 unspecified atom stereocenters. The van der Waals surface area contributed by atoms with Gasteiger partial charge >= 0.3 is 0 Å². The van der Waals surface area contributed by atoms with E-state index in [1.165, 1.54) is 0 Å². The highest BCUT2D eigenvalue weighted by Gasteiger charge is 2.16. The molecule has 0 saturated heterocycles. The van der Waals surface area contributed by atoms with Crippen LogP contribution in [0.5, 0.6) is 0 Å². The van der Waals surface area contributed by atoms with Gasteiger partial charge in [-0.05, 0) is 29.8 Å². The van der Waals surface area contributed by atoms with Crippen molar-refractivity contribution in [2.45, 2.75) is 13.0 Å². The molecule has 0 saturated carbocycles. The van der Waals surface area contributed by atoms with E-state index in [1.54, 1.807) is 30.1 Å². The van der Waals surface area contributed by atoms with Crippen LogP contribution >= 0.6 is 23.2 Å². The molecule has 0 radical (unpaired) electrons. The van der Waals surface area contributed by atoms with Crippen LogP contribution in [0.3, 0.4) is 0 Å². The molecule has 3 rings (SSSR count). The zero-order valence-corrected chi connectivity index (χ0v) is 15.0. The zero-order valence-electron chi connectivity index (χ0n) is 13.4. The molecule has 0 bridgehead atoms. The zero-order chi connectivity index (χ0) is 17.8. The van der Waals surface area contributed by atoms with E-state index in [9.17, 15) is 4.79 Å². The Morgan fingerprint density at radius 3 is 2.56 bits per heavy atom. The van der Waals surface area contributed by atoms with E-state index in [0.29, 0.717) is 27.3 Å². The summed E-state index contributed by atoms with van der Waals surface area (Å²) < 4.78 is 5.23. The fraction of sp³-hybridized carbons (Fsp3) is 0.167. The highest BCUT2D eigenvalue weighted by molar-refractivity contribution is 6.33. The molecule has 0 atom stereocenters. The molecule has 1 heterocycles. The van der Waals surface area contributed by atoms with E-state index < -0.39 is 0 Å². The number of amides is 1. The number of carbonyl (C=O) groups is 1. The van der Waals surface area contributed by atoms with Crippen molar-refractivity contribution in [1.29, 1.82) is 0 Å². The van der Waals surface area contributed by atoms with Crippen molar-refractivity contribution in [1.82, 2.24) is 15.0 Å². The number of aromatic nitrogens is 2. The van der Waals surface area contributed by atoms with E-state index in [4.69, 9.17) is 27.7 Å². The maximum Gasteiger partial charge on any atom is 0.246 e. The molecule has 1 aromatic heterocycles. The first-order valence-corrected chi connectivity index (χ1v) is 8.34. The van der Waals surface area contributed by atoms with Gasteiger partial charge in [0.15, 0.2) is 0 Å². The Hall–Kier alpha value is -2.37. The number of halogens is 2. The second kappa shape index (κ2) is 7.68. The van der Waals surface area contributed by atoms with E-state index in [0.717, 1.165) is 5.56 Å². The number of benzene rings is 2. The van der Waals surface area contributed by atoms with Crippen LogP contribution in [-0.4, -0.2) is 28.0 Å². The second-order valence-electron chi connectivity index (χ2n) is 5.54. The standard InChI is InChI=1S/C18H15Cl2N3O2/c1-23(17(24)10-12-6-8-13(19)9-7-12)11-16-21-18(22-25-16)14-4-2-3-5-15(14)20/h2-9H,10-11H2,1H3. The summed E-state index contributed by atoms with van der Waals surface area (Å²) in [6.07, 6.45) is 0.277. The van der Waals surface area contributed by atoms with Crippen molar-refractivity contribution in [2.24, 2.45) is 0 Å². The fourth-order valence-corrected chi connectivity index (χ4v) is 2.62. The van der Waals surface area contributed by atoms with Gasteiger partial charge in [-0.15, -0.1) is 0 Å². The maximum absolute atomic E-state index is 12.3. The van der Waals surface area contributed by atoms with Crippen LogP contribution in [0.25, 0.3) is 11.4 Å². The van der Waals surface area contributed by atoms with Gasteiger partial charge in [0.05, 0.1) is 18.0 Å². The minimum atomic E-state index is -0.0557. The van der Waals surface area contributed by atoms with Gasteiger partial charge in [-0.25, -0.2) is 0 Å². The Bertz CT molecular complexity index is 878. The van der Waals surface area contributed by atoms with Gasteiger partial charge in [0, 0.05) is 17.6 Å². The Morgan fingerprint density at radius 2 is 1.84 bits per heavy atom. The van der Waals surface area contributed by atoms with E-state index in [2.05, 4.69) is 10.1 Å². The summed E-state index contributed by atoms with van der Waals surface area (Å²) in [5.74, 6) is 0.695. The fourth-order valence-electron chi connectivity index (χ4n) is 2.27. The normalized spacial score (nSPS) is 10.7. The third-order valence-electron chi connectivity index (χ3n) is 3.65. The molecular weight excluding hydrogens is 361 g/mol. The largest absolute Gasteiger partial charge is 0.337 e. The van der Waals surface area contributed by atoms with Crippen LogP contribution in [0.15, 0.2) is 53.1 Å². The van der Waals surface area contributed by atoms with E-state index >= 15 is 0 Å². The topological polar surface area (TPSA) is 59.2 Å². The quantitative estimate of drug-likeness (QED) is 0.668. The number of hydrogen-bond acceptors (Lipinski definition) is 4. The first kappa shape index (κ1) is 17.5. The summed E-state index contributed by atoms with van der Waals surface area (Å²) in [6, 6.07) is 14.4. The lowest BCUT2D eigenvalue weighted by molar-refractivity contribution is -0.130. The number of carbonyl (C=O) groups excluding carboxylic acids is 1. The van der Waals surface area contributed by atoms with Gasteiger partial charge in [0.25, 0.3) is 0 Å². The molecule has 7 heteroatoms. The minimum Gasteiger partial charge on any atom is -0.337 e. The molecule has 0 aliphatic carbocycles. The molecule has 0 aliphatic heterocycles. The van der Waals surface area contributed by atoms with Gasteiger partial charge in [-0.1, -0.05) is 52.6 Å². The Kier molecular flexibility index (Phi) is 5.36. The van der Waals surface area contributed by atoms with Crippen LogP contribution in [0, 0.1) is 0 Å². The van der Waals surface area contributed by atoms with Crippen molar-refractivity contribution in [2.75, 3.05) is 7.05 Å². The van der Waals surface area contributed by atoms with Crippen LogP contribution in [0.2, 0.25) is 10.0 Å². The van der Waals surface area contributed by atoms with E-state index in [-0.39, 0.29) is 18.9 Å². The lowest BCUT2D eigenvalue weighted by Crippen LogP contribution is -2.27. The number of nitrogens with zero attached hydrogens (tertiary/aromatic N) is 3. The lowest BCUT2D eigenvalue weighted by atomic mass is 10.1. The molecule has 0 N–H and O–H groups in total. The summed E-state index contributed by atoms with van der Waals surface area (Å²) >= 11 is 12.0. The average Bonchev–Trinajstić information content (AvgIpc) is 3.05. The predicted molar refractivity (Wildman–Crippen MR) is 96.4 cm³/mol. The van der Waals surface area contributed by atoms with E-state index in [1.807, 2.05) is 30.3 Å². The van der Waals surface area contributed by atoms with Crippen molar-refractivity contribution >= 4 is 29.1 Å². The Labute approximate surface area is 155 Å². The molecule has 1 amide bonds. The van der Waals surface area contributed by atoms with Crippen LogP contribution in [0.1, 0.15) is 11.5 Å². The highest BCUT2D eigenvalue weighted by Crippen LogP contribution is 2.25. The molecule has 128 valence electrons. The number of hydrogen-bond donors (Lipinski definition) is 0. The second-order valence-corrected chi connectivity index (χ2v) is 6.39. The highest BCUT2D eigenvalue weighted by atomic mass is 35.5. The van der Waals surface area contributed by atoms with Gasteiger partial charge < -0.3 is 9.42 Å². The molecule has 25 heavy (non-hydrogen) atoms. The Balaban J connectivity index is 1.65. The van der Waals surface area contributed by atoms with Crippen LogP contribution in [0.4, 0.5) is 0 Å². The van der Waals surface area contributed by atoms with Gasteiger partial charge in [-0.2, -0.15) is 4.98 Å². The summed E-state index contributed by atoms with van der Waals surface area (Å²) in [5, 5.41) is 5.11. The third-order valence-corrected chi connectivity index (χ3v) is 4.23. The van der Waals surface area contributed by atoms with Crippen molar-refractivity contribution in [3.05, 3.63) is 70.0 Å². The first-order valence-electron chi connectivity index (χ1n) is 7.59. The third kappa shape index (κ3) is 4.38. The molecule has 0 aliphatic rings. The molecule has 3 aromatic rings. The lowest BCUT2D eigenvalue weighted by Gasteiger charge is -2.14. The first-order chi connectivity index (χ1) is 12.0. The maximum atomic E-state index is 12.3. The van der Waals surface area contributed by atoms with Gasteiger partial charge in [0.2, 0.25) is 17.6 Å². The summed E-state index contributed by atoms with van der Waals surface area (Å²) in [7, 11) is 1.69. The summed E-state index contributed by atoms with van der Waals surface area (Å²) in [4.78, 5) is 18.2. The van der Waals surface area contributed by atoms with Crippen LogP contribution in [-0.2, 0) is 17.8 Å². The SMILES string of the molecule is CN(Cc1nc(-c2ccccc2Cl)no1)C(=O)Cc1ccc(Cl)cc1. The van der Waals surface area contributed by atoms with Gasteiger partial charge in [0.1, 0.15) is 0 Å². The molecular formula is C18H15Cl2N3O2. The van der Waals surface area contributed by atoms with Crippen molar-refractivity contribution in [3.8, 4) is 11.4 Å². The summed E-state index contributed by atoms with van der Waals surface area (Å²) in [6.45, 7) is 0.226. The van der Waals surface area contributed by atoms with Gasteiger partial charge in [-0.3, -0.25) is 4.79 Å². The van der Waals surface area contributed by atoms with Crippen molar-refractivity contribution < 1.29 is 9.32 Å². The Morgan fingerprint density at radius 1 is 1.12 bits per heavy atom. The number of likely N-dealkylation sites (N-methyl/N-ethyl adjacent to an activating group) is 1. The molecule has 0 fully saturated rings. The predicted octanol–water partition coefficient (Wildman–Crippen LogP) is 4.24.